The first-order valence-electron chi connectivity index (χ1n) is 6.85. The third-order valence-corrected chi connectivity index (χ3v) is 3.81. The highest BCUT2D eigenvalue weighted by Crippen LogP contribution is 2.16. The van der Waals surface area contributed by atoms with E-state index in [1.54, 1.807) is 29.9 Å². The smallest absolute Gasteiger partial charge is 0.275 e. The van der Waals surface area contributed by atoms with Crippen LogP contribution in [0.1, 0.15) is 33.9 Å². The molecular formula is C14H20ClN5O. The second kappa shape index (κ2) is 6.30. The molecule has 2 heterocycles. The largest absolute Gasteiger partial charge is 0.340 e. The standard InChI is InChI=1S/C14H20ClN5O/c1-9-11(10(2)17-16-9)6-5-7-19(3)14(21)13-12(15)8-20(4)18-13/h8H,5-7H2,1-4H3,(H,16,17). The predicted molar refractivity (Wildman–Crippen MR) is 81.6 cm³/mol. The summed E-state index contributed by atoms with van der Waals surface area (Å²) in [6, 6.07) is 0. The van der Waals surface area contributed by atoms with E-state index >= 15 is 0 Å². The molecule has 7 heteroatoms. The number of hydrogen-bond acceptors (Lipinski definition) is 3. The normalized spacial score (nSPS) is 10.9. The maximum atomic E-state index is 12.3. The summed E-state index contributed by atoms with van der Waals surface area (Å²) >= 11 is 6.00. The molecule has 0 aromatic carbocycles. The Balaban J connectivity index is 1.91. The molecule has 21 heavy (non-hydrogen) atoms. The highest BCUT2D eigenvalue weighted by molar-refractivity contribution is 6.33. The molecule has 0 aliphatic rings. The van der Waals surface area contributed by atoms with Crippen molar-refractivity contribution in [3.8, 4) is 0 Å². The van der Waals surface area contributed by atoms with Crippen molar-refractivity contribution in [2.45, 2.75) is 26.7 Å². The Labute approximate surface area is 129 Å². The molecule has 0 spiro atoms. The lowest BCUT2D eigenvalue weighted by Gasteiger charge is -2.16. The number of carbonyl (C=O) groups is 1. The molecule has 114 valence electrons. The minimum Gasteiger partial charge on any atom is -0.340 e. The lowest BCUT2D eigenvalue weighted by Crippen LogP contribution is -2.28. The van der Waals surface area contributed by atoms with E-state index in [1.807, 2.05) is 13.8 Å². The highest BCUT2D eigenvalue weighted by atomic mass is 35.5. The lowest BCUT2D eigenvalue weighted by molar-refractivity contribution is 0.0787. The van der Waals surface area contributed by atoms with Crippen molar-refractivity contribution in [2.75, 3.05) is 13.6 Å². The average Bonchev–Trinajstić information content (AvgIpc) is 2.93. The van der Waals surface area contributed by atoms with Crippen molar-refractivity contribution in [3.05, 3.63) is 33.9 Å². The minimum atomic E-state index is -0.152. The number of amides is 1. The van der Waals surface area contributed by atoms with Crippen LogP contribution < -0.4 is 0 Å². The lowest BCUT2D eigenvalue weighted by atomic mass is 10.1. The number of aromatic nitrogens is 4. The topological polar surface area (TPSA) is 66.8 Å². The molecule has 0 saturated carbocycles. The number of rotatable bonds is 5. The summed E-state index contributed by atoms with van der Waals surface area (Å²) in [5, 5.41) is 11.6. The number of aromatic amines is 1. The SMILES string of the molecule is Cc1n[nH]c(C)c1CCCN(C)C(=O)c1nn(C)cc1Cl. The third kappa shape index (κ3) is 3.44. The van der Waals surface area contributed by atoms with E-state index in [-0.39, 0.29) is 5.91 Å². The van der Waals surface area contributed by atoms with Crippen LogP contribution in [0.25, 0.3) is 0 Å². The summed E-state index contributed by atoms with van der Waals surface area (Å²) in [4.78, 5) is 13.9. The summed E-state index contributed by atoms with van der Waals surface area (Å²) in [5.74, 6) is -0.152. The van der Waals surface area contributed by atoms with E-state index in [0.717, 1.165) is 24.2 Å². The molecule has 0 saturated heterocycles. The Morgan fingerprint density at radius 3 is 2.71 bits per heavy atom. The van der Waals surface area contributed by atoms with Crippen LogP contribution in [-0.2, 0) is 13.5 Å². The van der Waals surface area contributed by atoms with Gasteiger partial charge in [-0.25, -0.2) is 0 Å². The first kappa shape index (κ1) is 15.6. The van der Waals surface area contributed by atoms with Crippen LogP contribution in [0.4, 0.5) is 0 Å². The molecule has 2 rings (SSSR count). The fourth-order valence-corrected chi connectivity index (χ4v) is 2.58. The van der Waals surface area contributed by atoms with Crippen molar-refractivity contribution in [1.29, 1.82) is 0 Å². The van der Waals surface area contributed by atoms with Gasteiger partial charge in [-0.3, -0.25) is 14.6 Å². The summed E-state index contributed by atoms with van der Waals surface area (Å²) in [5.41, 5.74) is 3.65. The summed E-state index contributed by atoms with van der Waals surface area (Å²) in [6.07, 6.45) is 3.39. The van der Waals surface area contributed by atoms with Crippen LogP contribution in [0, 0.1) is 13.8 Å². The maximum absolute atomic E-state index is 12.3. The molecule has 0 radical (unpaired) electrons. The number of nitrogens with one attached hydrogen (secondary N) is 1. The molecule has 0 aliphatic heterocycles. The molecule has 0 unspecified atom stereocenters. The van der Waals surface area contributed by atoms with Gasteiger partial charge < -0.3 is 4.90 Å². The molecule has 0 aliphatic carbocycles. The van der Waals surface area contributed by atoms with Gasteiger partial charge in [-0.2, -0.15) is 10.2 Å². The second-order valence-electron chi connectivity index (χ2n) is 5.24. The third-order valence-electron chi connectivity index (χ3n) is 3.53. The second-order valence-corrected chi connectivity index (χ2v) is 5.65. The molecule has 0 fully saturated rings. The number of carbonyl (C=O) groups excluding carboxylic acids is 1. The number of H-pyrrole nitrogens is 1. The van der Waals surface area contributed by atoms with Crippen LogP contribution >= 0.6 is 11.6 Å². The van der Waals surface area contributed by atoms with E-state index in [1.165, 1.54) is 5.56 Å². The van der Waals surface area contributed by atoms with Crippen LogP contribution in [0.5, 0.6) is 0 Å². The molecular weight excluding hydrogens is 290 g/mol. The Morgan fingerprint density at radius 2 is 2.19 bits per heavy atom. The van der Waals surface area contributed by atoms with Gasteiger partial charge in [0.1, 0.15) is 0 Å². The summed E-state index contributed by atoms with van der Waals surface area (Å²) in [6.45, 7) is 4.65. The molecule has 0 atom stereocenters. The first-order valence-corrected chi connectivity index (χ1v) is 7.23. The number of nitrogens with zero attached hydrogens (tertiary/aromatic N) is 4. The quantitative estimate of drug-likeness (QED) is 0.920. The summed E-state index contributed by atoms with van der Waals surface area (Å²) in [7, 11) is 3.51. The predicted octanol–water partition coefficient (Wildman–Crippen LogP) is 2.12. The molecule has 2 aromatic rings. The van der Waals surface area contributed by atoms with E-state index in [2.05, 4.69) is 15.3 Å². The Morgan fingerprint density at radius 1 is 1.48 bits per heavy atom. The van der Waals surface area contributed by atoms with E-state index in [0.29, 0.717) is 17.3 Å². The van der Waals surface area contributed by atoms with Gasteiger partial charge in [-0.15, -0.1) is 0 Å². The van der Waals surface area contributed by atoms with Gasteiger partial charge in [0.05, 0.1) is 10.7 Å². The zero-order valence-electron chi connectivity index (χ0n) is 12.8. The van der Waals surface area contributed by atoms with Crippen molar-refractivity contribution >= 4 is 17.5 Å². The van der Waals surface area contributed by atoms with Crippen molar-refractivity contribution in [1.82, 2.24) is 24.9 Å². The van der Waals surface area contributed by atoms with Gasteiger partial charge in [0.2, 0.25) is 0 Å². The zero-order valence-corrected chi connectivity index (χ0v) is 13.5. The highest BCUT2D eigenvalue weighted by Gasteiger charge is 2.18. The Bertz CT molecular complexity index is 626. The van der Waals surface area contributed by atoms with Gasteiger partial charge in [0.15, 0.2) is 5.69 Å². The van der Waals surface area contributed by atoms with Gasteiger partial charge in [0, 0.05) is 32.5 Å². The molecule has 1 amide bonds. The van der Waals surface area contributed by atoms with Gasteiger partial charge >= 0.3 is 0 Å². The number of hydrogen-bond donors (Lipinski definition) is 1. The van der Waals surface area contributed by atoms with Gasteiger partial charge in [-0.05, 0) is 32.3 Å². The average molecular weight is 310 g/mol. The van der Waals surface area contributed by atoms with Crippen LogP contribution in [0.15, 0.2) is 6.20 Å². The van der Waals surface area contributed by atoms with Crippen molar-refractivity contribution in [2.24, 2.45) is 7.05 Å². The minimum absolute atomic E-state index is 0.152. The number of aryl methyl sites for hydroxylation is 3. The molecule has 2 aromatic heterocycles. The van der Waals surface area contributed by atoms with E-state index < -0.39 is 0 Å². The van der Waals surface area contributed by atoms with Gasteiger partial charge in [0.25, 0.3) is 5.91 Å². The van der Waals surface area contributed by atoms with Crippen molar-refractivity contribution < 1.29 is 4.79 Å². The summed E-state index contributed by atoms with van der Waals surface area (Å²) < 4.78 is 1.54. The van der Waals surface area contributed by atoms with Crippen LogP contribution in [0.3, 0.4) is 0 Å². The number of halogens is 1. The fraction of sp³-hybridized carbons (Fsp3) is 0.500. The molecule has 0 bridgehead atoms. The molecule has 1 N–H and O–H groups in total. The van der Waals surface area contributed by atoms with E-state index in [4.69, 9.17) is 11.6 Å². The Kier molecular flexibility index (Phi) is 4.67. The van der Waals surface area contributed by atoms with Gasteiger partial charge in [-0.1, -0.05) is 11.6 Å². The maximum Gasteiger partial charge on any atom is 0.275 e. The first-order chi connectivity index (χ1) is 9.90. The van der Waals surface area contributed by atoms with E-state index in [9.17, 15) is 4.79 Å². The van der Waals surface area contributed by atoms with Crippen molar-refractivity contribution in [3.63, 3.8) is 0 Å². The van der Waals surface area contributed by atoms with Crippen LogP contribution in [0.2, 0.25) is 5.02 Å². The Hall–Kier alpha value is -1.82. The molecule has 6 nitrogen and oxygen atoms in total. The monoisotopic (exact) mass is 309 g/mol. The van der Waals surface area contributed by atoms with Crippen LogP contribution in [-0.4, -0.2) is 44.4 Å². The fourth-order valence-electron chi connectivity index (χ4n) is 2.32. The zero-order chi connectivity index (χ0) is 15.6.